The number of halogens is 2. The Labute approximate surface area is 180 Å². The molecule has 4 rings (SSSR count). The topological polar surface area (TPSA) is 75.7 Å². The van der Waals surface area contributed by atoms with Gasteiger partial charge in [0.05, 0.1) is 23.6 Å². The van der Waals surface area contributed by atoms with Gasteiger partial charge in [0.25, 0.3) is 5.91 Å². The fraction of sp³-hybridized carbons (Fsp3) is 0.550. The van der Waals surface area contributed by atoms with Gasteiger partial charge in [-0.25, -0.2) is 0 Å². The van der Waals surface area contributed by atoms with Gasteiger partial charge in [-0.05, 0) is 49.9 Å². The van der Waals surface area contributed by atoms with Crippen molar-refractivity contribution in [2.24, 2.45) is 11.8 Å². The van der Waals surface area contributed by atoms with Crippen LogP contribution in [0.25, 0.3) is 0 Å². The Kier molecular flexibility index (Phi) is 5.90. The first-order chi connectivity index (χ1) is 13.5. The van der Waals surface area contributed by atoms with Crippen molar-refractivity contribution >= 4 is 55.3 Å². The lowest BCUT2D eigenvalue weighted by molar-refractivity contribution is -0.122. The standard InChI is InChI=1S/C20H22Br2N2O4/c21-16-8-14-15(9-17(16)22)20(27)24(19(14)26)12-5-3-11(4-6-12)18(25)23-10-13-2-1-7-28-13/h3-6,13-17H,1-2,7-10H2,(H,23,25)/t13-,14-,15+,16-,17-/m0/s1. The zero-order valence-electron chi connectivity index (χ0n) is 15.3. The summed E-state index contributed by atoms with van der Waals surface area (Å²) in [7, 11) is 0. The molecule has 0 aromatic heterocycles. The van der Waals surface area contributed by atoms with E-state index in [2.05, 4.69) is 37.2 Å². The second-order valence-corrected chi connectivity index (χ2v) is 9.97. The minimum absolute atomic E-state index is 0.0860. The zero-order valence-corrected chi connectivity index (χ0v) is 18.4. The van der Waals surface area contributed by atoms with Crippen LogP contribution in [0.1, 0.15) is 36.0 Å². The summed E-state index contributed by atoms with van der Waals surface area (Å²) in [5.74, 6) is -1.02. The van der Waals surface area contributed by atoms with E-state index in [1.807, 2.05) is 0 Å². The molecule has 1 aromatic carbocycles. The number of imide groups is 1. The smallest absolute Gasteiger partial charge is 0.251 e. The molecule has 0 unspecified atom stereocenters. The number of nitrogens with zero attached hydrogens (tertiary/aromatic N) is 1. The van der Waals surface area contributed by atoms with Gasteiger partial charge in [0, 0.05) is 28.4 Å². The molecule has 5 atom stereocenters. The van der Waals surface area contributed by atoms with Gasteiger partial charge < -0.3 is 10.1 Å². The second-order valence-electron chi connectivity index (χ2n) is 7.62. The molecule has 8 heteroatoms. The SMILES string of the molecule is O=C(NC[C@@H]1CCCO1)c1ccc(N2C(=O)[C@H]3C[C@H](Br)[C@@H](Br)C[C@H]3C2=O)cc1. The van der Waals surface area contributed by atoms with Crippen LogP contribution in [0.3, 0.4) is 0 Å². The van der Waals surface area contributed by atoms with Gasteiger partial charge in [-0.3, -0.25) is 19.3 Å². The summed E-state index contributed by atoms with van der Waals surface area (Å²) in [4.78, 5) is 39.7. The highest BCUT2D eigenvalue weighted by molar-refractivity contribution is 9.12. The molecule has 0 spiro atoms. The highest BCUT2D eigenvalue weighted by atomic mass is 79.9. The summed E-state index contributed by atoms with van der Waals surface area (Å²) in [5.41, 5.74) is 1.02. The van der Waals surface area contributed by atoms with Crippen molar-refractivity contribution < 1.29 is 19.1 Å². The molecular formula is C20H22Br2N2O4. The van der Waals surface area contributed by atoms with Gasteiger partial charge in [0.2, 0.25) is 11.8 Å². The summed E-state index contributed by atoms with van der Waals surface area (Å²) in [6, 6.07) is 6.66. The van der Waals surface area contributed by atoms with Crippen molar-refractivity contribution in [1.82, 2.24) is 5.32 Å². The molecule has 0 bridgehead atoms. The number of fused-ring (bicyclic) bond motifs is 1. The quantitative estimate of drug-likeness (QED) is 0.496. The number of amides is 3. The first-order valence-corrected chi connectivity index (χ1v) is 11.4. The molecule has 3 fully saturated rings. The fourth-order valence-corrected chi connectivity index (χ4v) is 5.46. The van der Waals surface area contributed by atoms with Crippen LogP contribution in [0.2, 0.25) is 0 Å². The summed E-state index contributed by atoms with van der Waals surface area (Å²) in [6.45, 7) is 1.25. The summed E-state index contributed by atoms with van der Waals surface area (Å²) in [6.07, 6.45) is 3.37. The molecular weight excluding hydrogens is 492 g/mol. The number of alkyl halides is 2. The fourth-order valence-electron chi connectivity index (χ4n) is 4.23. The number of hydrogen-bond acceptors (Lipinski definition) is 4. The van der Waals surface area contributed by atoms with Gasteiger partial charge in [0.15, 0.2) is 0 Å². The molecule has 1 aliphatic carbocycles. The Hall–Kier alpha value is -1.25. The van der Waals surface area contributed by atoms with E-state index in [0.717, 1.165) is 19.4 Å². The number of hydrogen-bond donors (Lipinski definition) is 1. The maximum Gasteiger partial charge on any atom is 0.251 e. The van der Waals surface area contributed by atoms with Crippen molar-refractivity contribution in [1.29, 1.82) is 0 Å². The van der Waals surface area contributed by atoms with E-state index in [1.54, 1.807) is 24.3 Å². The molecule has 1 N–H and O–H groups in total. The van der Waals surface area contributed by atoms with Crippen LogP contribution in [0.4, 0.5) is 5.69 Å². The number of ether oxygens (including phenoxy) is 1. The maximum atomic E-state index is 12.8. The number of benzene rings is 1. The highest BCUT2D eigenvalue weighted by Gasteiger charge is 2.52. The third-order valence-electron chi connectivity index (χ3n) is 5.81. The lowest BCUT2D eigenvalue weighted by Crippen LogP contribution is -2.34. The van der Waals surface area contributed by atoms with Crippen LogP contribution in [-0.2, 0) is 14.3 Å². The van der Waals surface area contributed by atoms with Crippen LogP contribution in [0, 0.1) is 11.8 Å². The molecule has 3 amide bonds. The molecule has 1 saturated carbocycles. The summed E-state index contributed by atoms with van der Waals surface area (Å²) < 4.78 is 5.51. The van der Waals surface area contributed by atoms with E-state index in [9.17, 15) is 14.4 Å². The Morgan fingerprint density at radius 3 is 2.21 bits per heavy atom. The summed E-state index contributed by atoms with van der Waals surface area (Å²) in [5, 5.41) is 2.88. The monoisotopic (exact) mass is 512 g/mol. The van der Waals surface area contributed by atoms with E-state index in [-0.39, 0.29) is 45.3 Å². The van der Waals surface area contributed by atoms with E-state index in [4.69, 9.17) is 4.74 Å². The van der Waals surface area contributed by atoms with Crippen LogP contribution >= 0.6 is 31.9 Å². The van der Waals surface area contributed by atoms with Crippen molar-refractivity contribution in [3.05, 3.63) is 29.8 Å². The number of rotatable bonds is 4. The Morgan fingerprint density at radius 2 is 1.68 bits per heavy atom. The Bertz CT molecular complexity index is 751. The van der Waals surface area contributed by atoms with Gasteiger partial charge in [-0.1, -0.05) is 31.9 Å². The van der Waals surface area contributed by atoms with E-state index >= 15 is 0 Å². The minimum atomic E-state index is -0.278. The minimum Gasteiger partial charge on any atom is -0.376 e. The number of nitrogens with one attached hydrogen (secondary N) is 1. The summed E-state index contributed by atoms with van der Waals surface area (Å²) >= 11 is 7.19. The highest BCUT2D eigenvalue weighted by Crippen LogP contribution is 2.44. The number of carbonyl (C=O) groups is 3. The third-order valence-corrected chi connectivity index (χ3v) is 8.55. The Balaban J connectivity index is 1.44. The van der Waals surface area contributed by atoms with Crippen LogP contribution in [0.5, 0.6) is 0 Å². The van der Waals surface area contributed by atoms with Crippen LogP contribution in [0.15, 0.2) is 24.3 Å². The van der Waals surface area contributed by atoms with E-state index in [0.29, 0.717) is 30.6 Å². The predicted molar refractivity (Wildman–Crippen MR) is 112 cm³/mol. The average molecular weight is 514 g/mol. The van der Waals surface area contributed by atoms with E-state index in [1.165, 1.54) is 4.90 Å². The predicted octanol–water partition coefficient (Wildman–Crippen LogP) is 3.02. The normalized spacial score (nSPS) is 32.5. The van der Waals surface area contributed by atoms with Gasteiger partial charge in [-0.2, -0.15) is 0 Å². The maximum absolute atomic E-state index is 12.8. The van der Waals surface area contributed by atoms with Gasteiger partial charge in [-0.15, -0.1) is 0 Å². The molecule has 150 valence electrons. The largest absolute Gasteiger partial charge is 0.376 e. The number of anilines is 1. The zero-order chi connectivity index (χ0) is 19.8. The second kappa shape index (κ2) is 8.24. The first kappa shape index (κ1) is 20.0. The van der Waals surface area contributed by atoms with E-state index < -0.39 is 0 Å². The van der Waals surface area contributed by atoms with Crippen molar-refractivity contribution in [3.8, 4) is 0 Å². The molecule has 1 aromatic rings. The first-order valence-electron chi connectivity index (χ1n) is 9.61. The van der Waals surface area contributed by atoms with Crippen LogP contribution < -0.4 is 10.2 Å². The molecule has 2 saturated heterocycles. The molecule has 28 heavy (non-hydrogen) atoms. The van der Waals surface area contributed by atoms with Crippen molar-refractivity contribution in [2.45, 2.75) is 41.4 Å². The molecule has 2 heterocycles. The van der Waals surface area contributed by atoms with Crippen molar-refractivity contribution in [3.63, 3.8) is 0 Å². The van der Waals surface area contributed by atoms with Crippen molar-refractivity contribution in [2.75, 3.05) is 18.1 Å². The molecule has 2 aliphatic heterocycles. The lowest BCUT2D eigenvalue weighted by atomic mass is 9.81. The van der Waals surface area contributed by atoms with Crippen LogP contribution in [-0.4, -0.2) is 46.6 Å². The molecule has 0 radical (unpaired) electrons. The number of carbonyl (C=O) groups excluding carboxylic acids is 3. The third kappa shape index (κ3) is 3.78. The Morgan fingerprint density at radius 1 is 1.07 bits per heavy atom. The average Bonchev–Trinajstić information content (AvgIpc) is 3.29. The molecule has 6 nitrogen and oxygen atoms in total. The molecule has 3 aliphatic rings. The van der Waals surface area contributed by atoms with Gasteiger partial charge >= 0.3 is 0 Å². The van der Waals surface area contributed by atoms with Gasteiger partial charge in [0.1, 0.15) is 0 Å². The lowest BCUT2D eigenvalue weighted by Gasteiger charge is -2.29.